The highest BCUT2D eigenvalue weighted by molar-refractivity contribution is 6.46. The number of rotatable bonds is 8. The van der Waals surface area contributed by atoms with Crippen molar-refractivity contribution in [3.8, 4) is 0 Å². The highest BCUT2D eigenvalue weighted by Gasteiger charge is 2.52. The van der Waals surface area contributed by atoms with Crippen molar-refractivity contribution in [2.24, 2.45) is 21.7 Å². The average Bonchev–Trinajstić information content (AvgIpc) is 3.75. The smallest absolute Gasteiger partial charge is 0.338 e. The van der Waals surface area contributed by atoms with Gasteiger partial charge >= 0.3 is 5.97 Å². The summed E-state index contributed by atoms with van der Waals surface area (Å²) in [6.45, 7) is 17.5. The van der Waals surface area contributed by atoms with Gasteiger partial charge < -0.3 is 9.64 Å². The summed E-state index contributed by atoms with van der Waals surface area (Å²) < 4.78 is 5.45. The van der Waals surface area contributed by atoms with Crippen LogP contribution in [0, 0.1) is 16.7 Å². The van der Waals surface area contributed by atoms with E-state index in [0.29, 0.717) is 23.1 Å². The van der Waals surface area contributed by atoms with Crippen LogP contribution in [0.25, 0.3) is 0 Å². The summed E-state index contributed by atoms with van der Waals surface area (Å²) in [6.07, 6.45) is 7.93. The molecule has 0 bridgehead atoms. The van der Waals surface area contributed by atoms with E-state index < -0.39 is 5.66 Å². The molecule has 5 rings (SSSR count). The van der Waals surface area contributed by atoms with Crippen LogP contribution in [-0.2, 0) is 9.53 Å². The Kier molecular flexibility index (Phi) is 8.68. The summed E-state index contributed by atoms with van der Waals surface area (Å²) >= 11 is 0. The van der Waals surface area contributed by atoms with E-state index in [-0.39, 0.29) is 34.9 Å². The molecule has 1 amide bonds. The van der Waals surface area contributed by atoms with Gasteiger partial charge in [0.05, 0.1) is 17.7 Å². The van der Waals surface area contributed by atoms with E-state index in [0.717, 1.165) is 49.7 Å². The molecule has 0 aromatic heterocycles. The van der Waals surface area contributed by atoms with E-state index in [9.17, 15) is 9.59 Å². The third-order valence-corrected chi connectivity index (χ3v) is 9.76. The number of benzene rings is 2. The number of hydrogen-bond donors (Lipinski definition) is 0. The fourth-order valence-corrected chi connectivity index (χ4v) is 7.03. The van der Waals surface area contributed by atoms with E-state index in [2.05, 4.69) is 70.7 Å². The number of esters is 1. The molecule has 2 aromatic rings. The largest absolute Gasteiger partial charge is 0.459 e. The molecule has 1 atom stereocenters. The zero-order valence-electron chi connectivity index (χ0n) is 27.7. The molecule has 5 nitrogen and oxygen atoms in total. The molecule has 0 unspecified atom stereocenters. The highest BCUT2D eigenvalue weighted by Crippen LogP contribution is 2.50. The van der Waals surface area contributed by atoms with Crippen LogP contribution in [0.5, 0.6) is 0 Å². The molecule has 232 valence electrons. The quantitative estimate of drug-likeness (QED) is 0.291. The minimum absolute atomic E-state index is 0.0457. The molecule has 0 N–H and O–H groups in total. The number of hydrogen-bond acceptors (Lipinski definition) is 4. The van der Waals surface area contributed by atoms with Crippen molar-refractivity contribution in [1.29, 1.82) is 0 Å². The zero-order chi connectivity index (χ0) is 31.2. The summed E-state index contributed by atoms with van der Waals surface area (Å²) in [4.78, 5) is 34.9. The molecule has 2 aromatic carbocycles. The number of aliphatic imine (C=N–C) groups is 1. The van der Waals surface area contributed by atoms with Crippen LogP contribution in [0.1, 0.15) is 146 Å². The molecule has 43 heavy (non-hydrogen) atoms. The molecule has 3 aliphatic rings. The minimum atomic E-state index is -0.554. The molecular weight excluding hydrogens is 532 g/mol. The third-order valence-electron chi connectivity index (χ3n) is 9.76. The van der Waals surface area contributed by atoms with Crippen LogP contribution in [0.4, 0.5) is 0 Å². The molecule has 1 spiro atoms. The lowest BCUT2D eigenvalue weighted by Gasteiger charge is -2.47. The Bertz CT molecular complexity index is 1350. The van der Waals surface area contributed by atoms with Gasteiger partial charge in [0.25, 0.3) is 5.91 Å². The van der Waals surface area contributed by atoms with Crippen molar-refractivity contribution in [2.75, 3.05) is 0 Å². The number of amides is 1. The molecule has 0 saturated heterocycles. The van der Waals surface area contributed by atoms with Gasteiger partial charge in [0, 0.05) is 5.56 Å². The third kappa shape index (κ3) is 7.07. The van der Waals surface area contributed by atoms with Gasteiger partial charge in [-0.3, -0.25) is 9.79 Å². The lowest BCUT2D eigenvalue weighted by Crippen LogP contribution is -2.51. The lowest BCUT2D eigenvalue weighted by molar-refractivity contribution is -0.134. The summed E-state index contributed by atoms with van der Waals surface area (Å²) in [5.74, 6) is 0.948. The number of ether oxygens (including phenoxy) is 1. The molecule has 1 aliphatic heterocycles. The van der Waals surface area contributed by atoms with Crippen molar-refractivity contribution in [3.63, 3.8) is 0 Å². The Balaban J connectivity index is 1.55. The van der Waals surface area contributed by atoms with E-state index in [4.69, 9.17) is 9.73 Å². The van der Waals surface area contributed by atoms with Gasteiger partial charge in [-0.2, -0.15) is 0 Å². The molecule has 2 saturated carbocycles. The van der Waals surface area contributed by atoms with Crippen molar-refractivity contribution < 1.29 is 14.3 Å². The first-order valence-corrected chi connectivity index (χ1v) is 16.5. The SMILES string of the molecule is CC(C)OC(=O)c1ccc([C@@H](CCC(C)(C)C)N2C(=O)C(c3cccc(C4CC4)c3)=NC23CCC(C(C)(C)C)CC3)cc1. The Morgan fingerprint density at radius 3 is 2.19 bits per heavy atom. The van der Waals surface area contributed by atoms with Crippen molar-refractivity contribution in [2.45, 2.75) is 130 Å². The van der Waals surface area contributed by atoms with Gasteiger partial charge in [-0.1, -0.05) is 71.9 Å². The second kappa shape index (κ2) is 11.9. The van der Waals surface area contributed by atoms with Crippen molar-refractivity contribution >= 4 is 17.6 Å². The lowest BCUT2D eigenvalue weighted by atomic mass is 9.69. The van der Waals surface area contributed by atoms with Crippen LogP contribution in [0.2, 0.25) is 0 Å². The first kappa shape index (κ1) is 31.5. The van der Waals surface area contributed by atoms with Crippen LogP contribution in [0.3, 0.4) is 0 Å². The normalized spacial score (nSPS) is 23.6. The van der Waals surface area contributed by atoms with Gasteiger partial charge in [-0.25, -0.2) is 4.79 Å². The summed E-state index contributed by atoms with van der Waals surface area (Å²) in [6, 6.07) is 16.2. The van der Waals surface area contributed by atoms with Crippen LogP contribution < -0.4 is 0 Å². The molecule has 2 aliphatic carbocycles. The predicted molar refractivity (Wildman–Crippen MR) is 174 cm³/mol. The molecule has 5 heteroatoms. The first-order chi connectivity index (χ1) is 20.2. The standard InChI is InChI=1S/C38H52N2O3/c1-25(2)43-35(42)28-16-14-27(15-17-28)32(20-21-36(3,4)5)40-34(41)33(30-11-9-10-29(24-30)26-12-13-26)39-38(40)22-18-31(19-23-38)37(6,7)8/h9-11,14-17,24-26,31-32H,12-13,18-23H2,1-8H3/t31?,32-,38?/m1/s1. The zero-order valence-corrected chi connectivity index (χ0v) is 27.7. The Morgan fingerprint density at radius 2 is 1.63 bits per heavy atom. The van der Waals surface area contributed by atoms with Gasteiger partial charge in [0.15, 0.2) is 0 Å². The second-order valence-electron chi connectivity index (χ2n) is 15.8. The summed E-state index contributed by atoms with van der Waals surface area (Å²) in [5, 5.41) is 0. The van der Waals surface area contributed by atoms with Crippen molar-refractivity contribution in [3.05, 3.63) is 70.8 Å². The van der Waals surface area contributed by atoms with E-state index in [1.54, 1.807) is 0 Å². The molecular formula is C38H52N2O3. The van der Waals surface area contributed by atoms with Gasteiger partial charge in [0.2, 0.25) is 0 Å². The maximum atomic E-state index is 14.7. The maximum absolute atomic E-state index is 14.7. The summed E-state index contributed by atoms with van der Waals surface area (Å²) in [7, 11) is 0. The number of nitrogens with zero attached hydrogens (tertiary/aromatic N) is 2. The van der Waals surface area contributed by atoms with Crippen LogP contribution in [-0.4, -0.2) is 34.3 Å². The Hall–Kier alpha value is -2.95. The van der Waals surface area contributed by atoms with Gasteiger partial charge in [-0.15, -0.1) is 0 Å². The van der Waals surface area contributed by atoms with Gasteiger partial charge in [-0.05, 0) is 117 Å². The topological polar surface area (TPSA) is 59.0 Å². The summed E-state index contributed by atoms with van der Waals surface area (Å²) in [5.41, 5.74) is 4.28. The van der Waals surface area contributed by atoms with Crippen LogP contribution in [0.15, 0.2) is 53.5 Å². The highest BCUT2D eigenvalue weighted by atomic mass is 16.5. The number of carbonyl (C=O) groups is 2. The Morgan fingerprint density at radius 1 is 0.977 bits per heavy atom. The van der Waals surface area contributed by atoms with E-state index >= 15 is 0 Å². The Labute approximate surface area is 259 Å². The minimum Gasteiger partial charge on any atom is -0.459 e. The van der Waals surface area contributed by atoms with E-state index in [1.165, 1.54) is 18.4 Å². The maximum Gasteiger partial charge on any atom is 0.338 e. The van der Waals surface area contributed by atoms with Crippen LogP contribution >= 0.6 is 0 Å². The number of carbonyl (C=O) groups excluding carboxylic acids is 2. The fourth-order valence-electron chi connectivity index (χ4n) is 7.03. The second-order valence-corrected chi connectivity index (χ2v) is 15.8. The molecule has 0 radical (unpaired) electrons. The molecule has 1 heterocycles. The van der Waals surface area contributed by atoms with E-state index in [1.807, 2.05) is 38.1 Å². The predicted octanol–water partition coefficient (Wildman–Crippen LogP) is 9.26. The monoisotopic (exact) mass is 584 g/mol. The van der Waals surface area contributed by atoms with Crippen molar-refractivity contribution in [1.82, 2.24) is 4.90 Å². The first-order valence-electron chi connectivity index (χ1n) is 16.5. The fraction of sp³-hybridized carbons (Fsp3) is 0.605. The average molecular weight is 585 g/mol. The van der Waals surface area contributed by atoms with Gasteiger partial charge in [0.1, 0.15) is 11.4 Å². The molecule has 2 fully saturated rings.